The SMILES string of the molecule is CC(C)(C)P(=O)([O-])O.CC(C)P(=O)(O)O. The van der Waals surface area contributed by atoms with Crippen LogP contribution >= 0.6 is 15.2 Å². The highest BCUT2D eigenvalue weighted by Crippen LogP contribution is 2.45. The summed E-state index contributed by atoms with van der Waals surface area (Å²) in [5, 5.41) is -1.01. The topological polar surface area (TPSA) is 118 Å². The zero-order valence-electron chi connectivity index (χ0n) is 9.54. The van der Waals surface area contributed by atoms with Gasteiger partial charge in [-0.15, -0.1) is 0 Å². The summed E-state index contributed by atoms with van der Waals surface area (Å²) in [6, 6.07) is 0. The lowest BCUT2D eigenvalue weighted by Crippen LogP contribution is -2.22. The van der Waals surface area contributed by atoms with Gasteiger partial charge in [-0.05, 0) is 0 Å². The van der Waals surface area contributed by atoms with Crippen molar-refractivity contribution in [2.45, 2.75) is 45.4 Å². The Morgan fingerprint density at radius 2 is 1.20 bits per heavy atom. The van der Waals surface area contributed by atoms with Gasteiger partial charge in [0.2, 0.25) is 0 Å². The van der Waals surface area contributed by atoms with E-state index in [0.29, 0.717) is 0 Å². The average Bonchev–Trinajstić information content (AvgIpc) is 1.80. The quantitative estimate of drug-likeness (QED) is 0.603. The first kappa shape index (κ1) is 17.7. The predicted octanol–water partition coefficient (Wildman–Crippen LogP) is 0.903. The zero-order valence-corrected chi connectivity index (χ0v) is 11.3. The van der Waals surface area contributed by atoms with E-state index >= 15 is 0 Å². The van der Waals surface area contributed by atoms with Crippen LogP contribution in [0.15, 0.2) is 0 Å². The van der Waals surface area contributed by atoms with E-state index in [1.165, 1.54) is 34.6 Å². The lowest BCUT2D eigenvalue weighted by atomic mass is 10.3. The fraction of sp³-hybridized carbons (Fsp3) is 1.00. The Kier molecular flexibility index (Phi) is 6.57. The summed E-state index contributed by atoms with van der Waals surface area (Å²) in [5.74, 6) is 0. The van der Waals surface area contributed by atoms with Crippen molar-refractivity contribution in [3.63, 3.8) is 0 Å². The van der Waals surface area contributed by atoms with Crippen molar-refractivity contribution in [1.82, 2.24) is 0 Å². The van der Waals surface area contributed by atoms with Crippen molar-refractivity contribution in [3.05, 3.63) is 0 Å². The van der Waals surface area contributed by atoms with E-state index < -0.39 is 26.0 Å². The predicted molar refractivity (Wildman–Crippen MR) is 56.8 cm³/mol. The van der Waals surface area contributed by atoms with Crippen LogP contribution < -0.4 is 4.89 Å². The molecule has 1 atom stereocenters. The maximum Gasteiger partial charge on any atom is 0.328 e. The first-order valence-electron chi connectivity index (χ1n) is 4.28. The highest BCUT2D eigenvalue weighted by atomic mass is 31.2. The van der Waals surface area contributed by atoms with E-state index in [0.717, 1.165) is 0 Å². The van der Waals surface area contributed by atoms with E-state index in [9.17, 15) is 14.0 Å². The van der Waals surface area contributed by atoms with Crippen LogP contribution in [0.2, 0.25) is 0 Å². The van der Waals surface area contributed by atoms with Crippen LogP contribution in [0.1, 0.15) is 34.6 Å². The Hall–Kier alpha value is 0.300. The standard InChI is InChI=1S/C4H11O3P.C3H9O3P/c1-4(2,3)8(5,6)7;1-3(2)7(4,5)6/h1-3H3,(H2,5,6,7);3H,1-2H3,(H2,4,5,6)/p-1. The van der Waals surface area contributed by atoms with Crippen molar-refractivity contribution in [1.29, 1.82) is 0 Å². The molecular formula is C7H19O6P2-. The number of rotatable bonds is 1. The van der Waals surface area contributed by atoms with Crippen molar-refractivity contribution in [2.75, 3.05) is 0 Å². The molecule has 0 aromatic carbocycles. The summed E-state index contributed by atoms with van der Waals surface area (Å²) in [5.41, 5.74) is -0.535. The highest BCUT2D eigenvalue weighted by molar-refractivity contribution is 7.52. The maximum absolute atomic E-state index is 10.2. The molecule has 0 aromatic heterocycles. The van der Waals surface area contributed by atoms with Gasteiger partial charge in [0.15, 0.2) is 0 Å². The molecule has 15 heavy (non-hydrogen) atoms. The van der Waals surface area contributed by atoms with E-state index in [4.69, 9.17) is 14.7 Å². The van der Waals surface area contributed by atoms with Crippen molar-refractivity contribution < 1.29 is 28.7 Å². The Labute approximate surface area is 90.0 Å². The third-order valence-electron chi connectivity index (χ3n) is 1.52. The van der Waals surface area contributed by atoms with Crippen LogP contribution in [0.4, 0.5) is 0 Å². The summed E-state index contributed by atoms with van der Waals surface area (Å²) in [6.45, 7) is 7.31. The second kappa shape index (κ2) is 5.58. The zero-order chi connectivity index (χ0) is 13.1. The Morgan fingerprint density at radius 3 is 1.20 bits per heavy atom. The molecule has 94 valence electrons. The molecule has 0 saturated heterocycles. The highest BCUT2D eigenvalue weighted by Gasteiger charge is 2.22. The second-order valence-electron chi connectivity index (χ2n) is 4.37. The first-order chi connectivity index (χ1) is 6.19. The van der Waals surface area contributed by atoms with Gasteiger partial charge in [-0.1, -0.05) is 34.6 Å². The van der Waals surface area contributed by atoms with Crippen LogP contribution in [-0.2, 0) is 9.13 Å². The van der Waals surface area contributed by atoms with E-state index in [-0.39, 0.29) is 0 Å². The van der Waals surface area contributed by atoms with Crippen molar-refractivity contribution >= 4 is 15.2 Å². The Bertz CT molecular complexity index is 268. The summed E-state index contributed by atoms with van der Waals surface area (Å²) < 4.78 is 20.3. The Morgan fingerprint density at radius 1 is 1.07 bits per heavy atom. The summed E-state index contributed by atoms with van der Waals surface area (Å²) in [7, 11) is -7.84. The van der Waals surface area contributed by atoms with Crippen molar-refractivity contribution in [2.24, 2.45) is 0 Å². The number of hydrogen-bond donors (Lipinski definition) is 3. The minimum Gasteiger partial charge on any atom is -0.778 e. The molecule has 0 spiro atoms. The van der Waals surface area contributed by atoms with Gasteiger partial charge in [-0.3, -0.25) is 4.57 Å². The van der Waals surface area contributed by atoms with E-state index in [2.05, 4.69) is 0 Å². The molecule has 3 N–H and O–H groups in total. The first-order valence-corrected chi connectivity index (χ1v) is 7.54. The van der Waals surface area contributed by atoms with Crippen LogP contribution in [0, 0.1) is 0 Å². The molecule has 0 aliphatic rings. The maximum atomic E-state index is 10.2. The van der Waals surface area contributed by atoms with Gasteiger partial charge >= 0.3 is 7.60 Å². The van der Waals surface area contributed by atoms with Gasteiger partial charge in [-0.2, -0.15) is 0 Å². The molecule has 0 saturated carbocycles. The van der Waals surface area contributed by atoms with Crippen molar-refractivity contribution in [3.8, 4) is 0 Å². The van der Waals surface area contributed by atoms with Gasteiger partial charge in [0.05, 0.1) is 5.66 Å². The summed E-state index contributed by atoms with van der Waals surface area (Å²) in [6.07, 6.45) is 0. The second-order valence-corrected chi connectivity index (χ2v) is 8.97. The molecule has 0 heterocycles. The third kappa shape index (κ3) is 9.24. The third-order valence-corrected chi connectivity index (χ3v) is 4.56. The van der Waals surface area contributed by atoms with Crippen LogP contribution in [0.3, 0.4) is 0 Å². The molecule has 6 nitrogen and oxygen atoms in total. The molecule has 0 amide bonds. The summed E-state index contributed by atoms with van der Waals surface area (Å²) in [4.78, 5) is 35.0. The molecule has 0 aliphatic carbocycles. The molecule has 0 radical (unpaired) electrons. The lowest BCUT2D eigenvalue weighted by Gasteiger charge is -2.30. The van der Waals surface area contributed by atoms with Gasteiger partial charge in [0, 0.05) is 5.16 Å². The van der Waals surface area contributed by atoms with Gasteiger partial charge in [-0.25, -0.2) is 0 Å². The lowest BCUT2D eigenvalue weighted by molar-refractivity contribution is -0.198. The summed E-state index contributed by atoms with van der Waals surface area (Å²) >= 11 is 0. The molecule has 0 aromatic rings. The molecule has 0 aliphatic heterocycles. The molecular weight excluding hydrogens is 242 g/mol. The fourth-order valence-electron chi connectivity index (χ4n) is 0. The smallest absolute Gasteiger partial charge is 0.328 e. The number of hydrogen-bond acceptors (Lipinski definition) is 3. The Balaban J connectivity index is 0. The van der Waals surface area contributed by atoms with E-state index in [1.807, 2.05) is 0 Å². The average molecular weight is 261 g/mol. The van der Waals surface area contributed by atoms with Crippen LogP contribution in [-0.4, -0.2) is 25.5 Å². The minimum absolute atomic E-state index is 0.535. The monoisotopic (exact) mass is 261 g/mol. The molecule has 0 fully saturated rings. The fourth-order valence-corrected chi connectivity index (χ4v) is 0. The van der Waals surface area contributed by atoms with Gasteiger partial charge in [0.25, 0.3) is 0 Å². The molecule has 0 rings (SSSR count). The van der Waals surface area contributed by atoms with Crippen LogP contribution in [0.25, 0.3) is 0 Å². The molecule has 0 bridgehead atoms. The largest absolute Gasteiger partial charge is 0.778 e. The molecule has 8 heteroatoms. The normalized spacial score (nSPS) is 16.7. The van der Waals surface area contributed by atoms with Gasteiger partial charge in [0.1, 0.15) is 7.60 Å². The molecule has 1 unspecified atom stereocenters. The van der Waals surface area contributed by atoms with E-state index in [1.54, 1.807) is 0 Å². The minimum atomic E-state index is -4.10. The van der Waals surface area contributed by atoms with Gasteiger partial charge < -0.3 is 24.1 Å². The van der Waals surface area contributed by atoms with Crippen LogP contribution in [0.5, 0.6) is 0 Å².